The van der Waals surface area contributed by atoms with E-state index < -0.39 is 0 Å². The highest BCUT2D eigenvalue weighted by Crippen LogP contribution is 2.34. The maximum atomic E-state index is 9.14. The molecule has 0 aliphatic carbocycles. The zero-order valence-corrected chi connectivity index (χ0v) is 16.1. The molecule has 4 rings (SSSR count). The maximum Gasteiger partial charge on any atom is 0.137 e. The molecule has 1 aliphatic heterocycles. The van der Waals surface area contributed by atoms with E-state index in [-0.39, 0.29) is 0 Å². The second kappa shape index (κ2) is 8.37. The SMILES string of the molecule is COc1ccc2[nH]cc(C3CCN(CCOc4ccccc4C#N)CC3)c2c1. The van der Waals surface area contributed by atoms with Crippen molar-refractivity contribution in [1.82, 2.24) is 9.88 Å². The minimum atomic E-state index is 0.567. The summed E-state index contributed by atoms with van der Waals surface area (Å²) in [7, 11) is 1.71. The van der Waals surface area contributed by atoms with Gasteiger partial charge < -0.3 is 14.5 Å². The number of benzene rings is 2. The normalized spacial score (nSPS) is 15.4. The first kappa shape index (κ1) is 18.4. The Morgan fingerprint density at radius 3 is 2.79 bits per heavy atom. The van der Waals surface area contributed by atoms with Gasteiger partial charge in [-0.2, -0.15) is 5.26 Å². The van der Waals surface area contributed by atoms with Crippen LogP contribution in [0.2, 0.25) is 0 Å². The third-order valence-corrected chi connectivity index (χ3v) is 5.62. The van der Waals surface area contributed by atoms with Gasteiger partial charge in [0.2, 0.25) is 0 Å². The lowest BCUT2D eigenvalue weighted by Crippen LogP contribution is -2.35. The molecule has 1 aliphatic rings. The van der Waals surface area contributed by atoms with Crippen LogP contribution in [0.15, 0.2) is 48.7 Å². The van der Waals surface area contributed by atoms with Gasteiger partial charge in [-0.1, -0.05) is 12.1 Å². The number of methoxy groups -OCH3 is 1. The number of rotatable bonds is 6. The van der Waals surface area contributed by atoms with Crippen molar-refractivity contribution in [1.29, 1.82) is 5.26 Å². The number of aromatic nitrogens is 1. The summed E-state index contributed by atoms with van der Waals surface area (Å²) in [5.74, 6) is 2.14. The molecule has 144 valence electrons. The number of hydrogen-bond acceptors (Lipinski definition) is 4. The van der Waals surface area contributed by atoms with Crippen molar-refractivity contribution in [2.24, 2.45) is 0 Å². The highest BCUT2D eigenvalue weighted by atomic mass is 16.5. The zero-order chi connectivity index (χ0) is 19.3. The van der Waals surface area contributed by atoms with Crippen molar-refractivity contribution in [3.8, 4) is 17.6 Å². The van der Waals surface area contributed by atoms with Crippen molar-refractivity contribution in [2.75, 3.05) is 33.4 Å². The van der Waals surface area contributed by atoms with Gasteiger partial charge in [-0.05, 0) is 67.7 Å². The third kappa shape index (κ3) is 3.83. The molecule has 0 radical (unpaired) electrons. The average Bonchev–Trinajstić information content (AvgIpc) is 3.17. The standard InChI is InChI=1S/C23H25N3O2/c1-27-19-6-7-22-20(14-19)21(16-25-22)17-8-10-26(11-9-17)12-13-28-23-5-3-2-4-18(23)15-24/h2-7,14,16-17,25H,8-13H2,1H3. The third-order valence-electron chi connectivity index (χ3n) is 5.62. The Morgan fingerprint density at radius 2 is 2.00 bits per heavy atom. The highest BCUT2D eigenvalue weighted by Gasteiger charge is 2.23. The molecule has 5 heteroatoms. The summed E-state index contributed by atoms with van der Waals surface area (Å²) < 4.78 is 11.2. The molecule has 0 atom stereocenters. The minimum absolute atomic E-state index is 0.567. The Kier molecular flexibility index (Phi) is 5.50. The summed E-state index contributed by atoms with van der Waals surface area (Å²) in [6, 6.07) is 15.8. The van der Waals surface area contributed by atoms with E-state index in [0.717, 1.165) is 38.2 Å². The Bertz CT molecular complexity index is 981. The summed E-state index contributed by atoms with van der Waals surface area (Å²) >= 11 is 0. The smallest absolute Gasteiger partial charge is 0.137 e. The number of ether oxygens (including phenoxy) is 2. The molecule has 1 N–H and O–H groups in total. The van der Waals surface area contributed by atoms with Gasteiger partial charge in [0.15, 0.2) is 0 Å². The van der Waals surface area contributed by atoms with E-state index in [1.54, 1.807) is 13.2 Å². The van der Waals surface area contributed by atoms with Crippen molar-refractivity contribution >= 4 is 10.9 Å². The quantitative estimate of drug-likeness (QED) is 0.697. The van der Waals surface area contributed by atoms with Crippen LogP contribution in [0, 0.1) is 11.3 Å². The molecule has 3 aromatic rings. The first-order valence-corrected chi connectivity index (χ1v) is 9.78. The fraction of sp³-hybridized carbons (Fsp3) is 0.348. The van der Waals surface area contributed by atoms with Crippen molar-refractivity contribution < 1.29 is 9.47 Å². The number of likely N-dealkylation sites (tertiary alicyclic amines) is 1. The van der Waals surface area contributed by atoms with Crippen LogP contribution in [-0.4, -0.2) is 43.2 Å². The van der Waals surface area contributed by atoms with Crippen LogP contribution < -0.4 is 9.47 Å². The molecular weight excluding hydrogens is 350 g/mol. The molecule has 1 aromatic heterocycles. The predicted octanol–water partition coefficient (Wildman–Crippen LogP) is 4.31. The van der Waals surface area contributed by atoms with Crippen LogP contribution >= 0.6 is 0 Å². The number of nitrogens with zero attached hydrogens (tertiary/aromatic N) is 2. The maximum absolute atomic E-state index is 9.14. The molecular formula is C23H25N3O2. The monoisotopic (exact) mass is 375 g/mol. The molecule has 28 heavy (non-hydrogen) atoms. The van der Waals surface area contributed by atoms with Crippen LogP contribution in [0.3, 0.4) is 0 Å². The Hall–Kier alpha value is -2.97. The molecule has 0 spiro atoms. The number of H-pyrrole nitrogens is 1. The topological polar surface area (TPSA) is 61.3 Å². The van der Waals surface area contributed by atoms with E-state index in [2.05, 4.69) is 34.3 Å². The van der Waals surface area contributed by atoms with Crippen LogP contribution in [0.25, 0.3) is 10.9 Å². The molecule has 5 nitrogen and oxygen atoms in total. The average molecular weight is 375 g/mol. The van der Waals surface area contributed by atoms with E-state index in [4.69, 9.17) is 14.7 Å². The first-order chi connectivity index (χ1) is 13.8. The molecule has 2 heterocycles. The predicted molar refractivity (Wildman–Crippen MR) is 110 cm³/mol. The minimum Gasteiger partial charge on any atom is -0.497 e. The van der Waals surface area contributed by atoms with E-state index in [9.17, 15) is 0 Å². The number of nitriles is 1. The van der Waals surface area contributed by atoms with Crippen molar-refractivity contribution in [3.63, 3.8) is 0 Å². The summed E-state index contributed by atoms with van der Waals surface area (Å²) in [6.07, 6.45) is 4.43. The fourth-order valence-corrected chi connectivity index (χ4v) is 4.02. The van der Waals surface area contributed by atoms with Gasteiger partial charge in [0.05, 0.1) is 12.7 Å². The lowest BCUT2D eigenvalue weighted by Gasteiger charge is -2.31. The summed E-state index contributed by atoms with van der Waals surface area (Å²) in [5.41, 5.74) is 3.16. The van der Waals surface area contributed by atoms with Gasteiger partial charge >= 0.3 is 0 Å². The van der Waals surface area contributed by atoms with Crippen LogP contribution in [-0.2, 0) is 0 Å². The van der Waals surface area contributed by atoms with E-state index >= 15 is 0 Å². The summed E-state index contributed by atoms with van der Waals surface area (Å²) in [5, 5.41) is 10.4. The summed E-state index contributed by atoms with van der Waals surface area (Å²) in [6.45, 7) is 3.61. The molecule has 0 amide bonds. The molecule has 1 fully saturated rings. The van der Waals surface area contributed by atoms with Crippen molar-refractivity contribution in [2.45, 2.75) is 18.8 Å². The number of aromatic amines is 1. The first-order valence-electron chi connectivity index (χ1n) is 9.78. The lowest BCUT2D eigenvalue weighted by atomic mass is 9.89. The molecule has 0 saturated carbocycles. The van der Waals surface area contributed by atoms with Gasteiger partial charge in [0.1, 0.15) is 24.2 Å². The highest BCUT2D eigenvalue weighted by molar-refractivity contribution is 5.85. The van der Waals surface area contributed by atoms with Crippen LogP contribution in [0.5, 0.6) is 11.5 Å². The van der Waals surface area contributed by atoms with Crippen LogP contribution in [0.4, 0.5) is 0 Å². The summed E-state index contributed by atoms with van der Waals surface area (Å²) in [4.78, 5) is 5.84. The Labute approximate surface area is 165 Å². The molecule has 0 bridgehead atoms. The van der Waals surface area contributed by atoms with Crippen LogP contribution in [0.1, 0.15) is 29.9 Å². The molecule has 2 aromatic carbocycles. The van der Waals surface area contributed by atoms with Gasteiger partial charge in [0.25, 0.3) is 0 Å². The largest absolute Gasteiger partial charge is 0.497 e. The van der Waals surface area contributed by atoms with E-state index in [1.165, 1.54) is 16.5 Å². The van der Waals surface area contributed by atoms with E-state index in [1.807, 2.05) is 24.3 Å². The number of para-hydroxylation sites is 1. The van der Waals surface area contributed by atoms with Gasteiger partial charge in [-0.15, -0.1) is 0 Å². The second-order valence-corrected chi connectivity index (χ2v) is 7.23. The molecule has 1 saturated heterocycles. The number of nitrogens with one attached hydrogen (secondary N) is 1. The van der Waals surface area contributed by atoms with Gasteiger partial charge in [-0.25, -0.2) is 0 Å². The Morgan fingerprint density at radius 1 is 1.18 bits per heavy atom. The number of piperidine rings is 1. The number of fused-ring (bicyclic) bond motifs is 1. The fourth-order valence-electron chi connectivity index (χ4n) is 4.02. The lowest BCUT2D eigenvalue weighted by molar-refractivity contribution is 0.173. The van der Waals surface area contributed by atoms with E-state index in [0.29, 0.717) is 23.8 Å². The van der Waals surface area contributed by atoms with Crippen molar-refractivity contribution in [3.05, 3.63) is 59.8 Å². The van der Waals surface area contributed by atoms with Gasteiger partial charge in [-0.3, -0.25) is 4.90 Å². The van der Waals surface area contributed by atoms with Gasteiger partial charge in [0, 0.05) is 23.6 Å². The Balaban J connectivity index is 1.32. The molecule has 0 unspecified atom stereocenters. The zero-order valence-electron chi connectivity index (χ0n) is 16.1. The number of hydrogen-bond donors (Lipinski definition) is 1. The second-order valence-electron chi connectivity index (χ2n) is 7.23.